The van der Waals surface area contributed by atoms with Crippen molar-refractivity contribution in [1.29, 1.82) is 0 Å². The highest BCUT2D eigenvalue weighted by atomic mass is 79.9. The molecular formula is C13H17BrFNS. The van der Waals surface area contributed by atoms with Crippen molar-refractivity contribution in [1.82, 2.24) is 5.32 Å². The molecule has 0 aliphatic carbocycles. The lowest BCUT2D eigenvalue weighted by Crippen LogP contribution is -2.23. The lowest BCUT2D eigenvalue weighted by atomic mass is 9.97. The maximum absolute atomic E-state index is 13.6. The first-order valence-electron chi connectivity index (χ1n) is 5.95. The van der Waals surface area contributed by atoms with Gasteiger partial charge in [0.25, 0.3) is 0 Å². The second kappa shape index (κ2) is 5.72. The Morgan fingerprint density at radius 1 is 1.53 bits per heavy atom. The van der Waals surface area contributed by atoms with E-state index in [4.69, 9.17) is 0 Å². The van der Waals surface area contributed by atoms with Crippen LogP contribution < -0.4 is 5.32 Å². The summed E-state index contributed by atoms with van der Waals surface area (Å²) >= 11 is 5.28. The van der Waals surface area contributed by atoms with Crippen LogP contribution in [0.1, 0.15) is 37.4 Å². The Balaban J connectivity index is 2.43. The van der Waals surface area contributed by atoms with Gasteiger partial charge in [0.15, 0.2) is 0 Å². The molecule has 0 saturated heterocycles. The topological polar surface area (TPSA) is 12.0 Å². The summed E-state index contributed by atoms with van der Waals surface area (Å²) < 4.78 is 14.2. The van der Waals surface area contributed by atoms with Crippen molar-refractivity contribution in [2.45, 2.75) is 37.3 Å². The molecule has 1 nitrogen and oxygen atoms in total. The number of thioether (sulfide) groups is 1. The molecule has 0 saturated carbocycles. The minimum atomic E-state index is -0.158. The Morgan fingerprint density at radius 3 is 3.00 bits per heavy atom. The Bertz CT molecular complexity index is 411. The Kier molecular flexibility index (Phi) is 4.50. The van der Waals surface area contributed by atoms with Crippen LogP contribution in [-0.4, -0.2) is 11.8 Å². The summed E-state index contributed by atoms with van der Waals surface area (Å²) in [5.41, 5.74) is 2.36. The Hall–Kier alpha value is -0.0600. The van der Waals surface area contributed by atoms with Gasteiger partial charge in [0.05, 0.1) is 4.47 Å². The Labute approximate surface area is 115 Å². The van der Waals surface area contributed by atoms with Crippen LogP contribution in [0.4, 0.5) is 4.39 Å². The van der Waals surface area contributed by atoms with Gasteiger partial charge in [0.1, 0.15) is 5.82 Å². The zero-order valence-electron chi connectivity index (χ0n) is 10.1. The van der Waals surface area contributed by atoms with E-state index in [2.05, 4.69) is 35.1 Å². The molecule has 2 atom stereocenters. The zero-order chi connectivity index (χ0) is 12.4. The van der Waals surface area contributed by atoms with Crippen LogP contribution in [0.5, 0.6) is 0 Å². The molecule has 17 heavy (non-hydrogen) atoms. The fraction of sp³-hybridized carbons (Fsp3) is 0.538. The maximum Gasteiger partial charge on any atom is 0.137 e. The third-order valence-corrected chi connectivity index (χ3v) is 5.21. The molecule has 4 heteroatoms. The fourth-order valence-corrected chi connectivity index (χ4v) is 4.05. The number of halogens is 2. The van der Waals surface area contributed by atoms with E-state index < -0.39 is 0 Å². The maximum atomic E-state index is 13.6. The van der Waals surface area contributed by atoms with Crippen molar-refractivity contribution in [3.05, 3.63) is 33.5 Å². The molecule has 1 heterocycles. The van der Waals surface area contributed by atoms with Gasteiger partial charge in [0, 0.05) is 17.0 Å². The third-order valence-electron chi connectivity index (χ3n) is 3.14. The molecule has 1 aromatic carbocycles. The minimum absolute atomic E-state index is 0.158. The van der Waals surface area contributed by atoms with E-state index in [0.717, 1.165) is 24.3 Å². The first-order chi connectivity index (χ1) is 8.13. The van der Waals surface area contributed by atoms with E-state index in [1.54, 1.807) is 6.07 Å². The smallest absolute Gasteiger partial charge is 0.137 e. The van der Waals surface area contributed by atoms with Crippen LogP contribution in [0.15, 0.2) is 16.6 Å². The van der Waals surface area contributed by atoms with E-state index >= 15 is 0 Å². The lowest BCUT2D eigenvalue weighted by molar-refractivity contribution is 0.513. The predicted molar refractivity (Wildman–Crippen MR) is 75.9 cm³/mol. The highest BCUT2D eigenvalue weighted by Gasteiger charge is 2.24. The molecule has 0 spiro atoms. The highest BCUT2D eigenvalue weighted by Crippen LogP contribution is 2.38. The van der Waals surface area contributed by atoms with Crippen molar-refractivity contribution >= 4 is 27.7 Å². The standard InChI is InChI=1S/C13H17BrFNS/c1-3-16-12-6-8(2)17-7-10-9(12)4-5-11(15)13(10)14/h4-5,8,12,16H,3,6-7H2,1-2H3. The largest absolute Gasteiger partial charge is 0.310 e. The van der Waals surface area contributed by atoms with Crippen molar-refractivity contribution < 1.29 is 4.39 Å². The molecule has 0 fully saturated rings. The summed E-state index contributed by atoms with van der Waals surface area (Å²) in [5, 5.41) is 4.10. The van der Waals surface area contributed by atoms with E-state index in [1.807, 2.05) is 17.8 Å². The first-order valence-corrected chi connectivity index (χ1v) is 7.79. The molecule has 0 amide bonds. The highest BCUT2D eigenvalue weighted by molar-refractivity contribution is 9.10. The minimum Gasteiger partial charge on any atom is -0.310 e. The van der Waals surface area contributed by atoms with E-state index in [9.17, 15) is 4.39 Å². The van der Waals surface area contributed by atoms with Crippen LogP contribution in [0.2, 0.25) is 0 Å². The van der Waals surface area contributed by atoms with Crippen molar-refractivity contribution in [2.75, 3.05) is 6.54 Å². The summed E-state index contributed by atoms with van der Waals surface area (Å²) in [7, 11) is 0. The summed E-state index contributed by atoms with van der Waals surface area (Å²) in [5.74, 6) is 0.727. The predicted octanol–water partition coefficient (Wildman–Crippen LogP) is 4.26. The number of benzene rings is 1. The molecule has 1 N–H and O–H groups in total. The van der Waals surface area contributed by atoms with Gasteiger partial charge >= 0.3 is 0 Å². The molecule has 94 valence electrons. The normalized spacial score (nSPS) is 24.2. The average Bonchev–Trinajstić information content (AvgIpc) is 2.45. The van der Waals surface area contributed by atoms with Crippen molar-refractivity contribution in [3.63, 3.8) is 0 Å². The molecule has 1 aliphatic heterocycles. The summed E-state index contributed by atoms with van der Waals surface area (Å²) in [6.07, 6.45) is 1.10. The number of nitrogens with one attached hydrogen (secondary N) is 1. The number of rotatable bonds is 2. The van der Waals surface area contributed by atoms with Crippen LogP contribution in [0, 0.1) is 5.82 Å². The number of hydrogen-bond donors (Lipinski definition) is 1. The van der Waals surface area contributed by atoms with Crippen LogP contribution in [-0.2, 0) is 5.75 Å². The fourth-order valence-electron chi connectivity index (χ4n) is 2.27. The summed E-state index contributed by atoms with van der Waals surface area (Å²) in [6.45, 7) is 5.29. The van der Waals surface area contributed by atoms with E-state index in [-0.39, 0.29) is 5.82 Å². The molecule has 0 radical (unpaired) electrons. The second-order valence-corrected chi connectivity index (χ2v) is 6.62. The monoisotopic (exact) mass is 317 g/mol. The van der Waals surface area contributed by atoms with Gasteiger partial charge in [-0.05, 0) is 46.1 Å². The van der Waals surface area contributed by atoms with Gasteiger partial charge in [-0.2, -0.15) is 11.8 Å². The summed E-state index contributed by atoms with van der Waals surface area (Å²) in [4.78, 5) is 0. The lowest BCUT2D eigenvalue weighted by Gasteiger charge is -2.20. The molecule has 1 aromatic rings. The van der Waals surface area contributed by atoms with Gasteiger partial charge in [-0.15, -0.1) is 0 Å². The number of fused-ring (bicyclic) bond motifs is 1. The van der Waals surface area contributed by atoms with E-state index in [1.165, 1.54) is 5.56 Å². The average molecular weight is 318 g/mol. The molecular weight excluding hydrogens is 301 g/mol. The quantitative estimate of drug-likeness (QED) is 0.874. The summed E-state index contributed by atoms with van der Waals surface area (Å²) in [6, 6.07) is 3.84. The van der Waals surface area contributed by atoms with Crippen molar-refractivity contribution in [3.8, 4) is 0 Å². The van der Waals surface area contributed by atoms with Crippen LogP contribution in [0.25, 0.3) is 0 Å². The van der Waals surface area contributed by atoms with Gasteiger partial charge in [-0.1, -0.05) is 19.9 Å². The SMILES string of the molecule is CCNC1CC(C)SCc2c1ccc(F)c2Br. The van der Waals surface area contributed by atoms with Gasteiger partial charge in [-0.25, -0.2) is 4.39 Å². The van der Waals surface area contributed by atoms with Gasteiger partial charge < -0.3 is 5.32 Å². The van der Waals surface area contributed by atoms with Crippen molar-refractivity contribution in [2.24, 2.45) is 0 Å². The molecule has 1 aliphatic rings. The van der Waals surface area contributed by atoms with Crippen LogP contribution >= 0.6 is 27.7 Å². The molecule has 2 rings (SSSR count). The Morgan fingerprint density at radius 2 is 2.29 bits per heavy atom. The van der Waals surface area contributed by atoms with Gasteiger partial charge in [-0.3, -0.25) is 0 Å². The third kappa shape index (κ3) is 2.85. The second-order valence-electron chi connectivity index (χ2n) is 4.40. The van der Waals surface area contributed by atoms with Crippen LogP contribution in [0.3, 0.4) is 0 Å². The molecule has 0 bridgehead atoms. The molecule has 2 unspecified atom stereocenters. The first kappa shape index (κ1) is 13.4. The number of hydrogen-bond acceptors (Lipinski definition) is 2. The van der Waals surface area contributed by atoms with Gasteiger partial charge in [0.2, 0.25) is 0 Å². The zero-order valence-corrected chi connectivity index (χ0v) is 12.5. The van der Waals surface area contributed by atoms with E-state index in [0.29, 0.717) is 15.8 Å². The molecule has 0 aromatic heterocycles.